The largest absolute Gasteiger partial charge is 0.379 e. The van der Waals surface area contributed by atoms with E-state index in [1.807, 2.05) is 6.92 Å². The number of carbonyl (C=O) groups is 1. The van der Waals surface area contributed by atoms with Crippen molar-refractivity contribution in [3.05, 3.63) is 0 Å². The van der Waals surface area contributed by atoms with Gasteiger partial charge in [0.15, 0.2) is 0 Å². The first-order valence-electron chi connectivity index (χ1n) is 6.73. The molecule has 0 unspecified atom stereocenters. The molecule has 0 spiro atoms. The lowest BCUT2D eigenvalue weighted by Gasteiger charge is -2.26. The van der Waals surface area contributed by atoms with Crippen molar-refractivity contribution in [1.29, 1.82) is 0 Å². The molecule has 1 aliphatic heterocycles. The highest BCUT2D eigenvalue weighted by atomic mass is 16.5. The molecule has 0 aromatic carbocycles. The maximum atomic E-state index is 11.8. The van der Waals surface area contributed by atoms with Crippen molar-refractivity contribution in [1.82, 2.24) is 4.90 Å². The van der Waals surface area contributed by atoms with Gasteiger partial charge in [0.2, 0.25) is 0 Å². The van der Waals surface area contributed by atoms with Gasteiger partial charge in [0.05, 0.1) is 19.3 Å². The minimum absolute atomic E-state index is 0. The van der Waals surface area contributed by atoms with Crippen LogP contribution in [-0.4, -0.2) is 49.6 Å². The minimum Gasteiger partial charge on any atom is -0.379 e. The normalized spacial score (nSPS) is 19.9. The van der Waals surface area contributed by atoms with Gasteiger partial charge in [0, 0.05) is 19.5 Å². The average molecular weight is 258 g/mol. The van der Waals surface area contributed by atoms with Gasteiger partial charge in [-0.1, -0.05) is 27.7 Å². The van der Waals surface area contributed by atoms with Crippen molar-refractivity contribution in [2.45, 2.75) is 46.6 Å². The molecular formula is C14H30N2O2. The molecule has 4 heteroatoms. The van der Waals surface area contributed by atoms with Crippen LogP contribution >= 0.6 is 0 Å². The maximum absolute atomic E-state index is 11.8. The van der Waals surface area contributed by atoms with Gasteiger partial charge in [-0.3, -0.25) is 9.69 Å². The first-order valence-corrected chi connectivity index (χ1v) is 6.73. The highest BCUT2D eigenvalue weighted by molar-refractivity contribution is 5.83. The van der Waals surface area contributed by atoms with Gasteiger partial charge < -0.3 is 10.5 Å². The Balaban J connectivity index is 0.00000289. The number of ketones is 1. The van der Waals surface area contributed by atoms with E-state index in [-0.39, 0.29) is 19.3 Å². The molecule has 0 saturated carbocycles. The SMILES string of the molecule is C.CC[C@H](C)[C@H](N)C(=O)CCCN1CCOCC1. The molecule has 2 atom stereocenters. The van der Waals surface area contributed by atoms with Gasteiger partial charge in [-0.2, -0.15) is 0 Å². The van der Waals surface area contributed by atoms with Gasteiger partial charge in [0.1, 0.15) is 5.78 Å². The van der Waals surface area contributed by atoms with E-state index in [2.05, 4.69) is 11.8 Å². The zero-order valence-corrected chi connectivity index (χ0v) is 11.2. The highest BCUT2D eigenvalue weighted by Gasteiger charge is 2.19. The number of rotatable bonds is 7. The molecule has 0 amide bonds. The predicted octanol–water partition coefficient (Wildman–Crippen LogP) is 1.68. The van der Waals surface area contributed by atoms with Crippen LogP contribution in [0.2, 0.25) is 0 Å². The average Bonchev–Trinajstić information content (AvgIpc) is 2.38. The van der Waals surface area contributed by atoms with Crippen LogP contribution in [-0.2, 0) is 9.53 Å². The minimum atomic E-state index is -0.273. The Bertz CT molecular complexity index is 228. The number of ether oxygens (including phenoxy) is 1. The number of morpholine rings is 1. The summed E-state index contributed by atoms with van der Waals surface area (Å²) in [6.45, 7) is 8.73. The van der Waals surface area contributed by atoms with Crippen molar-refractivity contribution >= 4 is 5.78 Å². The first-order chi connectivity index (χ1) is 8.15. The van der Waals surface area contributed by atoms with Crippen LogP contribution in [0.25, 0.3) is 0 Å². The monoisotopic (exact) mass is 258 g/mol. The van der Waals surface area contributed by atoms with E-state index >= 15 is 0 Å². The fourth-order valence-electron chi connectivity index (χ4n) is 2.04. The first kappa shape index (κ1) is 17.6. The summed E-state index contributed by atoms with van der Waals surface area (Å²) in [5, 5.41) is 0. The van der Waals surface area contributed by atoms with Crippen molar-refractivity contribution in [2.75, 3.05) is 32.8 Å². The van der Waals surface area contributed by atoms with E-state index in [9.17, 15) is 4.79 Å². The number of hydrogen-bond acceptors (Lipinski definition) is 4. The molecule has 1 aliphatic rings. The third kappa shape index (κ3) is 5.94. The van der Waals surface area contributed by atoms with Gasteiger partial charge >= 0.3 is 0 Å². The topological polar surface area (TPSA) is 55.6 Å². The summed E-state index contributed by atoms with van der Waals surface area (Å²) in [4.78, 5) is 14.2. The molecular weight excluding hydrogens is 228 g/mol. The molecule has 0 bridgehead atoms. The molecule has 1 saturated heterocycles. The molecule has 1 rings (SSSR count). The summed E-state index contributed by atoms with van der Waals surface area (Å²) in [7, 11) is 0. The van der Waals surface area contributed by atoms with Gasteiger partial charge in [0.25, 0.3) is 0 Å². The Kier molecular flexibility index (Phi) is 9.24. The third-order valence-electron chi connectivity index (χ3n) is 3.63. The molecule has 4 nitrogen and oxygen atoms in total. The quantitative estimate of drug-likeness (QED) is 0.755. The van der Waals surface area contributed by atoms with Crippen LogP contribution in [0.1, 0.15) is 40.5 Å². The molecule has 1 heterocycles. The fourth-order valence-corrected chi connectivity index (χ4v) is 2.04. The van der Waals surface area contributed by atoms with Crippen molar-refractivity contribution in [2.24, 2.45) is 11.7 Å². The van der Waals surface area contributed by atoms with E-state index < -0.39 is 0 Å². The van der Waals surface area contributed by atoms with Gasteiger partial charge in [-0.15, -0.1) is 0 Å². The second kappa shape index (κ2) is 9.48. The fraction of sp³-hybridized carbons (Fsp3) is 0.929. The van der Waals surface area contributed by atoms with Crippen molar-refractivity contribution in [3.8, 4) is 0 Å². The molecule has 0 aromatic heterocycles. The lowest BCUT2D eigenvalue weighted by Crippen LogP contribution is -2.39. The summed E-state index contributed by atoms with van der Waals surface area (Å²) in [5.74, 6) is 0.512. The second-order valence-corrected chi connectivity index (χ2v) is 4.94. The Morgan fingerprint density at radius 1 is 1.39 bits per heavy atom. The van der Waals surface area contributed by atoms with Crippen LogP contribution in [0.3, 0.4) is 0 Å². The van der Waals surface area contributed by atoms with Crippen molar-refractivity contribution < 1.29 is 9.53 Å². The van der Waals surface area contributed by atoms with Crippen molar-refractivity contribution in [3.63, 3.8) is 0 Å². The summed E-state index contributed by atoms with van der Waals surface area (Å²) in [6, 6.07) is -0.273. The molecule has 0 aromatic rings. The summed E-state index contributed by atoms with van der Waals surface area (Å²) < 4.78 is 5.28. The highest BCUT2D eigenvalue weighted by Crippen LogP contribution is 2.09. The lowest BCUT2D eigenvalue weighted by atomic mass is 9.94. The van der Waals surface area contributed by atoms with E-state index in [0.717, 1.165) is 45.7 Å². The molecule has 108 valence electrons. The van der Waals surface area contributed by atoms with E-state index in [1.165, 1.54) is 0 Å². The van der Waals surface area contributed by atoms with Crippen LogP contribution in [0.15, 0.2) is 0 Å². The van der Waals surface area contributed by atoms with Gasteiger partial charge in [-0.05, 0) is 18.9 Å². The summed E-state index contributed by atoms with van der Waals surface area (Å²) >= 11 is 0. The van der Waals surface area contributed by atoms with Gasteiger partial charge in [-0.25, -0.2) is 0 Å². The smallest absolute Gasteiger partial charge is 0.149 e. The number of carbonyl (C=O) groups excluding carboxylic acids is 1. The molecule has 2 N–H and O–H groups in total. The zero-order chi connectivity index (χ0) is 12.7. The molecule has 18 heavy (non-hydrogen) atoms. The lowest BCUT2D eigenvalue weighted by molar-refractivity contribution is -0.121. The predicted molar refractivity (Wildman–Crippen MR) is 75.7 cm³/mol. The number of nitrogens with zero attached hydrogens (tertiary/aromatic N) is 1. The second-order valence-electron chi connectivity index (χ2n) is 4.94. The Morgan fingerprint density at radius 3 is 2.56 bits per heavy atom. The maximum Gasteiger partial charge on any atom is 0.149 e. The van der Waals surface area contributed by atoms with E-state index in [0.29, 0.717) is 12.3 Å². The van der Waals surface area contributed by atoms with Crippen LogP contribution in [0.5, 0.6) is 0 Å². The Morgan fingerprint density at radius 2 is 2.00 bits per heavy atom. The standard InChI is InChI=1S/C13H26N2O2.CH4/c1-3-11(2)13(14)12(16)5-4-6-15-7-9-17-10-8-15;/h11,13H,3-10,14H2,1-2H3;1H4/t11-,13-;/m0./s1. The summed E-state index contributed by atoms with van der Waals surface area (Å²) in [6.07, 6.45) is 2.50. The van der Waals surface area contributed by atoms with Crippen LogP contribution < -0.4 is 5.73 Å². The number of Topliss-reactive ketones (excluding diaryl/α,β-unsaturated/α-hetero) is 1. The third-order valence-corrected chi connectivity index (χ3v) is 3.63. The Labute approximate surface area is 112 Å². The number of nitrogens with two attached hydrogens (primary N) is 1. The van der Waals surface area contributed by atoms with E-state index in [1.54, 1.807) is 0 Å². The molecule has 1 fully saturated rings. The van der Waals surface area contributed by atoms with Crippen LogP contribution in [0.4, 0.5) is 0 Å². The zero-order valence-electron chi connectivity index (χ0n) is 11.2. The molecule has 0 radical (unpaired) electrons. The number of hydrogen-bond donors (Lipinski definition) is 1. The Hall–Kier alpha value is -0.450. The molecule has 0 aliphatic carbocycles. The van der Waals surface area contributed by atoms with E-state index in [4.69, 9.17) is 10.5 Å². The van der Waals surface area contributed by atoms with Crippen LogP contribution in [0, 0.1) is 5.92 Å². The summed E-state index contributed by atoms with van der Waals surface area (Å²) in [5.41, 5.74) is 5.91.